The zero-order valence-electron chi connectivity index (χ0n) is 14.0. The lowest BCUT2D eigenvalue weighted by Gasteiger charge is -2.20. The second-order valence-corrected chi connectivity index (χ2v) is 7.29. The maximum absolute atomic E-state index is 6.10. The van der Waals surface area contributed by atoms with Crippen molar-refractivity contribution >= 4 is 23.2 Å². The van der Waals surface area contributed by atoms with Gasteiger partial charge in [-0.1, -0.05) is 35.3 Å². The minimum absolute atomic E-state index is 0.642. The van der Waals surface area contributed by atoms with Gasteiger partial charge < -0.3 is 9.64 Å². The van der Waals surface area contributed by atoms with Gasteiger partial charge in [0.15, 0.2) is 0 Å². The summed E-state index contributed by atoms with van der Waals surface area (Å²) in [7, 11) is 0. The zero-order chi connectivity index (χ0) is 16.9. The highest BCUT2D eigenvalue weighted by Gasteiger charge is 2.19. The Hall–Kier alpha value is -1.22. The molecule has 2 aromatic rings. The number of ether oxygens (including phenoxy) is 1. The Morgan fingerprint density at radius 3 is 2.58 bits per heavy atom. The number of hydrogen-bond donors (Lipinski definition) is 0. The van der Waals surface area contributed by atoms with Gasteiger partial charge in [0.05, 0.1) is 6.61 Å². The molecule has 1 unspecified atom stereocenters. The van der Waals surface area contributed by atoms with Crippen molar-refractivity contribution in [1.29, 1.82) is 0 Å². The van der Waals surface area contributed by atoms with E-state index in [-0.39, 0.29) is 0 Å². The predicted octanol–water partition coefficient (Wildman–Crippen LogP) is 5.91. The van der Waals surface area contributed by atoms with Crippen LogP contribution in [0.4, 0.5) is 0 Å². The van der Waals surface area contributed by atoms with Crippen LogP contribution in [0.5, 0.6) is 5.75 Å². The molecule has 1 fully saturated rings. The Bertz CT molecular complexity index is 669. The Morgan fingerprint density at radius 1 is 1.08 bits per heavy atom. The quantitative estimate of drug-likeness (QED) is 0.591. The second kappa shape index (κ2) is 8.24. The summed E-state index contributed by atoms with van der Waals surface area (Å²) in [5, 5.41) is 1.28. The van der Waals surface area contributed by atoms with Crippen molar-refractivity contribution in [2.45, 2.75) is 32.2 Å². The highest BCUT2D eigenvalue weighted by Crippen LogP contribution is 2.29. The smallest absolute Gasteiger partial charge is 0.119 e. The molecule has 0 bridgehead atoms. The van der Waals surface area contributed by atoms with E-state index in [4.69, 9.17) is 27.9 Å². The fourth-order valence-corrected chi connectivity index (χ4v) is 3.79. The number of benzene rings is 2. The molecule has 0 spiro atoms. The Labute approximate surface area is 154 Å². The molecule has 0 amide bonds. The molecular formula is C20H23Cl2NO. The van der Waals surface area contributed by atoms with Gasteiger partial charge in [-0.3, -0.25) is 0 Å². The van der Waals surface area contributed by atoms with E-state index in [1.165, 1.54) is 19.4 Å². The van der Waals surface area contributed by atoms with E-state index in [1.54, 1.807) is 6.07 Å². The van der Waals surface area contributed by atoms with Crippen molar-refractivity contribution in [3.8, 4) is 16.9 Å². The van der Waals surface area contributed by atoms with E-state index >= 15 is 0 Å². The van der Waals surface area contributed by atoms with Gasteiger partial charge >= 0.3 is 0 Å². The van der Waals surface area contributed by atoms with Crippen molar-refractivity contribution in [3.05, 3.63) is 52.5 Å². The van der Waals surface area contributed by atoms with Crippen LogP contribution in [0.25, 0.3) is 11.1 Å². The highest BCUT2D eigenvalue weighted by atomic mass is 35.5. The molecule has 24 heavy (non-hydrogen) atoms. The van der Waals surface area contributed by atoms with Crippen LogP contribution < -0.4 is 4.74 Å². The first-order valence-electron chi connectivity index (χ1n) is 8.55. The SMILES string of the molecule is CC1CCCN1CCCOc1cccc(-c2cc(Cl)cc(Cl)c2)c1. The first-order valence-corrected chi connectivity index (χ1v) is 9.31. The number of likely N-dealkylation sites (tertiary alicyclic amines) is 1. The summed E-state index contributed by atoms with van der Waals surface area (Å²) in [5.74, 6) is 0.887. The standard InChI is InChI=1S/C20H23Cl2NO/c1-15-5-3-8-23(15)9-4-10-24-20-7-2-6-16(13-20)17-11-18(21)14-19(22)12-17/h2,6-7,11-15H,3-5,8-10H2,1H3. The van der Waals surface area contributed by atoms with Gasteiger partial charge in [-0.05, 0) is 74.2 Å². The van der Waals surface area contributed by atoms with Crippen molar-refractivity contribution < 1.29 is 4.74 Å². The van der Waals surface area contributed by atoms with E-state index in [2.05, 4.69) is 11.8 Å². The molecule has 2 aromatic carbocycles. The third-order valence-electron chi connectivity index (χ3n) is 4.58. The summed E-state index contributed by atoms with van der Waals surface area (Å²) >= 11 is 12.2. The minimum atomic E-state index is 0.642. The maximum Gasteiger partial charge on any atom is 0.119 e. The van der Waals surface area contributed by atoms with E-state index in [1.807, 2.05) is 36.4 Å². The van der Waals surface area contributed by atoms with E-state index < -0.39 is 0 Å². The molecule has 0 radical (unpaired) electrons. The molecule has 4 heteroatoms. The van der Waals surface area contributed by atoms with Crippen LogP contribution >= 0.6 is 23.2 Å². The van der Waals surface area contributed by atoms with Crippen LogP contribution in [0, 0.1) is 0 Å². The van der Waals surface area contributed by atoms with Crippen LogP contribution in [0.15, 0.2) is 42.5 Å². The monoisotopic (exact) mass is 363 g/mol. The molecule has 2 nitrogen and oxygen atoms in total. The molecule has 0 aliphatic carbocycles. The van der Waals surface area contributed by atoms with Crippen molar-refractivity contribution in [2.75, 3.05) is 19.7 Å². The van der Waals surface area contributed by atoms with E-state index in [9.17, 15) is 0 Å². The molecular weight excluding hydrogens is 341 g/mol. The fraction of sp³-hybridized carbons (Fsp3) is 0.400. The number of halogens is 2. The Kier molecular flexibility index (Phi) is 6.04. The summed E-state index contributed by atoms with van der Waals surface area (Å²) in [6.45, 7) is 5.40. The molecule has 3 rings (SSSR count). The zero-order valence-corrected chi connectivity index (χ0v) is 15.5. The highest BCUT2D eigenvalue weighted by molar-refractivity contribution is 6.35. The van der Waals surface area contributed by atoms with Gasteiger partial charge in [-0.15, -0.1) is 0 Å². The predicted molar refractivity (Wildman–Crippen MR) is 102 cm³/mol. The number of nitrogens with zero attached hydrogens (tertiary/aromatic N) is 1. The molecule has 0 N–H and O–H groups in total. The number of rotatable bonds is 6. The van der Waals surface area contributed by atoms with Crippen LogP contribution in [0.2, 0.25) is 10.0 Å². The third kappa shape index (κ3) is 4.66. The molecule has 0 saturated carbocycles. The minimum Gasteiger partial charge on any atom is -0.494 e. The van der Waals surface area contributed by atoms with Crippen molar-refractivity contribution in [2.24, 2.45) is 0 Å². The fourth-order valence-electron chi connectivity index (χ4n) is 3.27. The van der Waals surface area contributed by atoms with Crippen LogP contribution in [-0.4, -0.2) is 30.6 Å². The molecule has 1 saturated heterocycles. The molecule has 1 aliphatic heterocycles. The molecule has 1 aliphatic rings. The van der Waals surface area contributed by atoms with Gasteiger partial charge in [0.2, 0.25) is 0 Å². The van der Waals surface area contributed by atoms with E-state index in [0.29, 0.717) is 10.0 Å². The van der Waals surface area contributed by atoms with Crippen LogP contribution in [0.3, 0.4) is 0 Å². The van der Waals surface area contributed by atoms with Gasteiger partial charge in [0.25, 0.3) is 0 Å². The first kappa shape index (κ1) is 17.6. The molecule has 0 aromatic heterocycles. The average molecular weight is 364 g/mol. The summed E-state index contributed by atoms with van der Waals surface area (Å²) < 4.78 is 5.93. The van der Waals surface area contributed by atoms with Crippen molar-refractivity contribution in [3.63, 3.8) is 0 Å². The van der Waals surface area contributed by atoms with Crippen LogP contribution in [-0.2, 0) is 0 Å². The van der Waals surface area contributed by atoms with Gasteiger partial charge in [0.1, 0.15) is 5.75 Å². The van der Waals surface area contributed by atoms with Gasteiger partial charge in [0, 0.05) is 22.6 Å². The summed E-state index contributed by atoms with van der Waals surface area (Å²) in [6.07, 6.45) is 3.70. The summed E-state index contributed by atoms with van der Waals surface area (Å²) in [6, 6.07) is 14.4. The number of hydrogen-bond acceptors (Lipinski definition) is 2. The second-order valence-electron chi connectivity index (χ2n) is 6.42. The van der Waals surface area contributed by atoms with Gasteiger partial charge in [-0.25, -0.2) is 0 Å². The van der Waals surface area contributed by atoms with E-state index in [0.717, 1.165) is 42.5 Å². The summed E-state index contributed by atoms with van der Waals surface area (Å²) in [4.78, 5) is 2.55. The van der Waals surface area contributed by atoms with Gasteiger partial charge in [-0.2, -0.15) is 0 Å². The lowest BCUT2D eigenvalue weighted by atomic mass is 10.1. The topological polar surface area (TPSA) is 12.5 Å². The third-order valence-corrected chi connectivity index (χ3v) is 5.02. The Balaban J connectivity index is 1.57. The molecule has 128 valence electrons. The Morgan fingerprint density at radius 2 is 1.88 bits per heavy atom. The van der Waals surface area contributed by atoms with Crippen molar-refractivity contribution in [1.82, 2.24) is 4.90 Å². The maximum atomic E-state index is 6.10. The van der Waals surface area contributed by atoms with Crippen LogP contribution in [0.1, 0.15) is 26.2 Å². The lowest BCUT2D eigenvalue weighted by molar-refractivity contribution is 0.230. The average Bonchev–Trinajstić information content (AvgIpc) is 2.96. The molecule has 1 atom stereocenters. The summed E-state index contributed by atoms with van der Waals surface area (Å²) in [5.41, 5.74) is 2.06. The largest absolute Gasteiger partial charge is 0.494 e. The molecule has 1 heterocycles. The normalized spacial score (nSPS) is 18.0. The lowest BCUT2D eigenvalue weighted by Crippen LogP contribution is -2.28. The first-order chi connectivity index (χ1) is 11.6.